The van der Waals surface area contributed by atoms with Gasteiger partial charge in [0, 0.05) is 12.6 Å². The molecule has 1 N–H and O–H groups in total. The Morgan fingerprint density at radius 2 is 2.00 bits per heavy atom. The van der Waals surface area contributed by atoms with Crippen molar-refractivity contribution in [2.45, 2.75) is 39.7 Å². The van der Waals surface area contributed by atoms with E-state index in [1.807, 2.05) is 13.0 Å². The molecule has 0 saturated heterocycles. The van der Waals surface area contributed by atoms with Gasteiger partial charge in [-0.3, -0.25) is 0 Å². The second-order valence-electron chi connectivity index (χ2n) is 4.13. The van der Waals surface area contributed by atoms with Gasteiger partial charge in [0.2, 0.25) is 0 Å². The van der Waals surface area contributed by atoms with Crippen LogP contribution < -0.4 is 10.1 Å². The number of ether oxygens (including phenoxy) is 1. The van der Waals surface area contributed by atoms with Crippen molar-refractivity contribution in [3.05, 3.63) is 29.6 Å². The maximum atomic E-state index is 13.3. The SMILES string of the molecule is CCCCCOc1cc(F)cc(CNCC)c1. The molecule has 1 aromatic carbocycles. The third-order valence-corrected chi connectivity index (χ3v) is 2.53. The first-order valence-corrected chi connectivity index (χ1v) is 6.39. The van der Waals surface area contributed by atoms with Gasteiger partial charge in [-0.1, -0.05) is 26.7 Å². The Hall–Kier alpha value is -1.09. The highest BCUT2D eigenvalue weighted by Crippen LogP contribution is 2.17. The van der Waals surface area contributed by atoms with E-state index in [1.54, 1.807) is 6.07 Å². The molecule has 0 saturated carbocycles. The van der Waals surface area contributed by atoms with Crippen LogP contribution >= 0.6 is 0 Å². The van der Waals surface area contributed by atoms with Crippen LogP contribution in [0.3, 0.4) is 0 Å². The molecule has 0 bridgehead atoms. The van der Waals surface area contributed by atoms with Gasteiger partial charge >= 0.3 is 0 Å². The molecule has 0 atom stereocenters. The maximum absolute atomic E-state index is 13.3. The van der Waals surface area contributed by atoms with Crippen molar-refractivity contribution >= 4 is 0 Å². The molecule has 0 aromatic heterocycles. The predicted octanol–water partition coefficient (Wildman–Crippen LogP) is 3.50. The van der Waals surface area contributed by atoms with E-state index in [1.165, 1.54) is 6.07 Å². The van der Waals surface area contributed by atoms with Gasteiger partial charge in [0.05, 0.1) is 6.61 Å². The lowest BCUT2D eigenvalue weighted by atomic mass is 10.2. The molecule has 1 rings (SSSR count). The molecule has 96 valence electrons. The first-order valence-electron chi connectivity index (χ1n) is 6.39. The van der Waals surface area contributed by atoms with Gasteiger partial charge in [-0.2, -0.15) is 0 Å². The lowest BCUT2D eigenvalue weighted by Gasteiger charge is -2.08. The van der Waals surface area contributed by atoms with Gasteiger partial charge in [-0.15, -0.1) is 0 Å². The molecule has 0 spiro atoms. The van der Waals surface area contributed by atoms with Crippen molar-refractivity contribution in [2.75, 3.05) is 13.2 Å². The summed E-state index contributed by atoms with van der Waals surface area (Å²) in [6.45, 7) is 6.40. The molecule has 17 heavy (non-hydrogen) atoms. The van der Waals surface area contributed by atoms with Gasteiger partial charge in [0.25, 0.3) is 0 Å². The molecule has 0 aliphatic carbocycles. The monoisotopic (exact) mass is 239 g/mol. The zero-order chi connectivity index (χ0) is 12.5. The number of rotatable bonds is 8. The van der Waals surface area contributed by atoms with E-state index in [-0.39, 0.29) is 5.82 Å². The molecule has 0 heterocycles. The summed E-state index contributed by atoms with van der Waals surface area (Å²) in [5.41, 5.74) is 0.928. The van der Waals surface area contributed by atoms with Crippen LogP contribution in [0.4, 0.5) is 4.39 Å². The molecule has 1 aromatic rings. The van der Waals surface area contributed by atoms with Gasteiger partial charge in [0.15, 0.2) is 0 Å². The molecule has 0 amide bonds. The summed E-state index contributed by atoms with van der Waals surface area (Å²) in [6.07, 6.45) is 3.34. The van der Waals surface area contributed by atoms with Gasteiger partial charge in [-0.25, -0.2) is 4.39 Å². The summed E-state index contributed by atoms with van der Waals surface area (Å²) >= 11 is 0. The summed E-state index contributed by atoms with van der Waals surface area (Å²) in [6, 6.07) is 4.89. The quantitative estimate of drug-likeness (QED) is 0.701. The molecular weight excluding hydrogens is 217 g/mol. The molecule has 0 fully saturated rings. The fourth-order valence-electron chi connectivity index (χ4n) is 1.62. The summed E-state index contributed by atoms with van der Waals surface area (Å²) < 4.78 is 18.9. The van der Waals surface area contributed by atoms with Crippen molar-refractivity contribution in [2.24, 2.45) is 0 Å². The lowest BCUT2D eigenvalue weighted by molar-refractivity contribution is 0.304. The van der Waals surface area contributed by atoms with Crippen molar-refractivity contribution in [1.29, 1.82) is 0 Å². The van der Waals surface area contributed by atoms with Gasteiger partial charge < -0.3 is 10.1 Å². The third kappa shape index (κ3) is 5.68. The van der Waals surface area contributed by atoms with Crippen LogP contribution in [0.5, 0.6) is 5.75 Å². The summed E-state index contributed by atoms with van der Waals surface area (Å²) in [7, 11) is 0. The van der Waals surface area contributed by atoms with E-state index in [0.29, 0.717) is 18.9 Å². The van der Waals surface area contributed by atoms with Crippen LogP contribution in [0.2, 0.25) is 0 Å². The van der Waals surface area contributed by atoms with Crippen molar-refractivity contribution in [3.63, 3.8) is 0 Å². The number of nitrogens with one attached hydrogen (secondary N) is 1. The molecule has 0 radical (unpaired) electrons. The normalized spacial score (nSPS) is 10.5. The predicted molar refractivity (Wildman–Crippen MR) is 68.8 cm³/mol. The average Bonchev–Trinajstić information content (AvgIpc) is 2.31. The maximum Gasteiger partial charge on any atom is 0.127 e. The Kier molecular flexibility index (Phi) is 6.63. The molecule has 0 aliphatic heterocycles. The van der Waals surface area contributed by atoms with E-state index in [2.05, 4.69) is 12.2 Å². The minimum absolute atomic E-state index is 0.231. The summed E-state index contributed by atoms with van der Waals surface area (Å²) in [5, 5.41) is 3.17. The summed E-state index contributed by atoms with van der Waals surface area (Å²) in [4.78, 5) is 0. The van der Waals surface area contributed by atoms with Crippen molar-refractivity contribution in [3.8, 4) is 5.75 Å². The Bertz CT molecular complexity index is 328. The van der Waals surface area contributed by atoms with Crippen LogP contribution in [0.25, 0.3) is 0 Å². The first kappa shape index (κ1) is 14.0. The Labute approximate surface area is 103 Å². The highest BCUT2D eigenvalue weighted by Gasteiger charge is 2.01. The zero-order valence-electron chi connectivity index (χ0n) is 10.8. The fourth-order valence-corrected chi connectivity index (χ4v) is 1.62. The minimum Gasteiger partial charge on any atom is -0.493 e. The van der Waals surface area contributed by atoms with E-state index in [0.717, 1.165) is 31.4 Å². The molecular formula is C14H22FNO. The minimum atomic E-state index is -0.231. The van der Waals surface area contributed by atoms with Gasteiger partial charge in [0.1, 0.15) is 11.6 Å². The van der Waals surface area contributed by atoms with E-state index in [4.69, 9.17) is 4.74 Å². The Morgan fingerprint density at radius 1 is 1.18 bits per heavy atom. The van der Waals surface area contributed by atoms with Crippen LogP contribution in [0.1, 0.15) is 38.7 Å². The number of halogens is 1. The average molecular weight is 239 g/mol. The van der Waals surface area contributed by atoms with E-state index >= 15 is 0 Å². The second kappa shape index (κ2) is 8.07. The van der Waals surface area contributed by atoms with Crippen LogP contribution in [0.15, 0.2) is 18.2 Å². The van der Waals surface area contributed by atoms with Crippen LogP contribution in [0, 0.1) is 5.82 Å². The van der Waals surface area contributed by atoms with Crippen LogP contribution in [-0.2, 0) is 6.54 Å². The summed E-state index contributed by atoms with van der Waals surface area (Å²) in [5.74, 6) is 0.403. The Morgan fingerprint density at radius 3 is 2.71 bits per heavy atom. The van der Waals surface area contributed by atoms with E-state index in [9.17, 15) is 4.39 Å². The molecule has 2 nitrogen and oxygen atoms in total. The molecule has 3 heteroatoms. The lowest BCUT2D eigenvalue weighted by Crippen LogP contribution is -2.12. The highest BCUT2D eigenvalue weighted by atomic mass is 19.1. The Balaban J connectivity index is 2.50. The van der Waals surface area contributed by atoms with Crippen molar-refractivity contribution < 1.29 is 9.13 Å². The zero-order valence-corrected chi connectivity index (χ0v) is 10.8. The van der Waals surface area contributed by atoms with Crippen LogP contribution in [-0.4, -0.2) is 13.2 Å². The third-order valence-electron chi connectivity index (χ3n) is 2.53. The largest absolute Gasteiger partial charge is 0.493 e. The molecule has 0 unspecified atom stereocenters. The number of benzene rings is 1. The van der Waals surface area contributed by atoms with Gasteiger partial charge in [-0.05, 0) is 30.7 Å². The first-order chi connectivity index (χ1) is 8.26. The van der Waals surface area contributed by atoms with E-state index < -0.39 is 0 Å². The fraction of sp³-hybridized carbons (Fsp3) is 0.571. The second-order valence-corrected chi connectivity index (χ2v) is 4.13. The molecule has 0 aliphatic rings. The number of hydrogen-bond acceptors (Lipinski definition) is 2. The smallest absolute Gasteiger partial charge is 0.127 e. The standard InChI is InChI=1S/C14H22FNO/c1-3-5-6-7-17-14-9-12(11-16-4-2)8-13(15)10-14/h8-10,16H,3-7,11H2,1-2H3. The topological polar surface area (TPSA) is 21.3 Å². The van der Waals surface area contributed by atoms with Crippen molar-refractivity contribution in [1.82, 2.24) is 5.32 Å². The highest BCUT2D eigenvalue weighted by molar-refractivity contribution is 5.29. The number of unbranched alkanes of at least 4 members (excludes halogenated alkanes) is 2. The number of hydrogen-bond donors (Lipinski definition) is 1.